The number of aliphatic carboxylic acids is 1. The number of piperidine rings is 1. The first-order valence-corrected chi connectivity index (χ1v) is 6.32. The molecule has 0 aliphatic carbocycles. The molecule has 2 heterocycles. The predicted octanol–water partition coefficient (Wildman–Crippen LogP) is 0.450. The highest BCUT2D eigenvalue weighted by atomic mass is 16.4. The van der Waals surface area contributed by atoms with E-state index in [2.05, 4.69) is 12.2 Å². The van der Waals surface area contributed by atoms with Crippen molar-refractivity contribution in [2.45, 2.75) is 44.7 Å². The highest BCUT2D eigenvalue weighted by Gasteiger charge is 2.34. The van der Waals surface area contributed by atoms with Crippen molar-refractivity contribution in [3.8, 4) is 0 Å². The third-order valence-electron chi connectivity index (χ3n) is 3.80. The van der Waals surface area contributed by atoms with E-state index in [0.717, 1.165) is 25.8 Å². The number of carboxylic acids is 1. The second-order valence-electron chi connectivity index (χ2n) is 5.28. The molecule has 2 fully saturated rings. The Labute approximate surface area is 101 Å². The molecule has 17 heavy (non-hydrogen) atoms. The topological polar surface area (TPSA) is 69.6 Å². The summed E-state index contributed by atoms with van der Waals surface area (Å²) in [5.74, 6) is -0.168. The van der Waals surface area contributed by atoms with Crippen LogP contribution in [0.4, 0.5) is 0 Å². The summed E-state index contributed by atoms with van der Waals surface area (Å²) in [4.78, 5) is 24.3. The van der Waals surface area contributed by atoms with Crippen LogP contribution in [-0.2, 0) is 9.59 Å². The maximum absolute atomic E-state index is 11.2. The normalized spacial score (nSPS) is 34.6. The van der Waals surface area contributed by atoms with Gasteiger partial charge < -0.3 is 10.4 Å². The number of carbonyl (C=O) groups excluding carboxylic acids is 1. The van der Waals surface area contributed by atoms with E-state index in [4.69, 9.17) is 0 Å². The Morgan fingerprint density at radius 3 is 2.88 bits per heavy atom. The number of rotatable bonds is 3. The Morgan fingerprint density at radius 2 is 2.29 bits per heavy atom. The van der Waals surface area contributed by atoms with Gasteiger partial charge in [0.25, 0.3) is 0 Å². The highest BCUT2D eigenvalue weighted by Crippen LogP contribution is 2.23. The summed E-state index contributed by atoms with van der Waals surface area (Å²) in [6, 6.07) is -0.242. The van der Waals surface area contributed by atoms with Crippen LogP contribution in [0.1, 0.15) is 32.6 Å². The lowest BCUT2D eigenvalue weighted by Gasteiger charge is -2.37. The van der Waals surface area contributed by atoms with Crippen molar-refractivity contribution >= 4 is 11.9 Å². The Balaban J connectivity index is 1.93. The van der Waals surface area contributed by atoms with Crippen molar-refractivity contribution in [3.63, 3.8) is 0 Å². The van der Waals surface area contributed by atoms with E-state index in [0.29, 0.717) is 18.9 Å². The van der Waals surface area contributed by atoms with Gasteiger partial charge in [0.05, 0.1) is 0 Å². The maximum atomic E-state index is 11.2. The van der Waals surface area contributed by atoms with Crippen molar-refractivity contribution in [2.75, 3.05) is 13.1 Å². The van der Waals surface area contributed by atoms with Gasteiger partial charge in [-0.05, 0) is 31.7 Å². The minimum absolute atomic E-state index is 0.0900. The second-order valence-corrected chi connectivity index (χ2v) is 5.28. The van der Waals surface area contributed by atoms with Gasteiger partial charge in [-0.25, -0.2) is 0 Å². The molecule has 0 aromatic carbocycles. The summed E-state index contributed by atoms with van der Waals surface area (Å²) >= 11 is 0. The molecule has 5 heteroatoms. The first kappa shape index (κ1) is 12.4. The second kappa shape index (κ2) is 5.04. The smallest absolute Gasteiger partial charge is 0.320 e. The van der Waals surface area contributed by atoms with Crippen LogP contribution in [0.2, 0.25) is 0 Å². The molecule has 0 aromatic rings. The molecule has 96 valence electrons. The van der Waals surface area contributed by atoms with E-state index in [1.165, 1.54) is 0 Å². The van der Waals surface area contributed by atoms with Crippen molar-refractivity contribution in [3.05, 3.63) is 0 Å². The number of hydrogen-bond acceptors (Lipinski definition) is 3. The van der Waals surface area contributed by atoms with E-state index < -0.39 is 5.97 Å². The van der Waals surface area contributed by atoms with Gasteiger partial charge in [0, 0.05) is 19.0 Å². The minimum Gasteiger partial charge on any atom is -0.480 e. The van der Waals surface area contributed by atoms with E-state index in [1.54, 1.807) is 0 Å². The Morgan fingerprint density at radius 1 is 1.53 bits per heavy atom. The van der Waals surface area contributed by atoms with Gasteiger partial charge in [0.1, 0.15) is 6.04 Å². The molecule has 2 rings (SSSR count). The first-order chi connectivity index (χ1) is 8.06. The van der Waals surface area contributed by atoms with Crippen LogP contribution in [0.5, 0.6) is 0 Å². The average molecular weight is 240 g/mol. The van der Waals surface area contributed by atoms with Gasteiger partial charge in [0.2, 0.25) is 5.91 Å². The zero-order valence-corrected chi connectivity index (χ0v) is 10.2. The van der Waals surface area contributed by atoms with E-state index in [-0.39, 0.29) is 18.0 Å². The molecule has 2 saturated heterocycles. The van der Waals surface area contributed by atoms with Gasteiger partial charge in [-0.2, -0.15) is 0 Å². The van der Waals surface area contributed by atoms with Crippen LogP contribution >= 0.6 is 0 Å². The van der Waals surface area contributed by atoms with Crippen molar-refractivity contribution in [1.82, 2.24) is 10.2 Å². The number of carboxylic acid groups (broad SMARTS) is 1. The van der Waals surface area contributed by atoms with Crippen LogP contribution in [0.25, 0.3) is 0 Å². The van der Waals surface area contributed by atoms with Gasteiger partial charge in [-0.3, -0.25) is 14.5 Å². The SMILES string of the molecule is CC1CCN(CC2CCC(=O)N2)C(C(=O)O)C1. The largest absolute Gasteiger partial charge is 0.480 e. The van der Waals surface area contributed by atoms with Crippen LogP contribution in [0.3, 0.4) is 0 Å². The van der Waals surface area contributed by atoms with Crippen molar-refractivity contribution in [2.24, 2.45) is 5.92 Å². The Kier molecular flexibility index (Phi) is 3.66. The van der Waals surface area contributed by atoms with Gasteiger partial charge >= 0.3 is 5.97 Å². The molecule has 5 nitrogen and oxygen atoms in total. The van der Waals surface area contributed by atoms with Crippen LogP contribution in [0, 0.1) is 5.92 Å². The maximum Gasteiger partial charge on any atom is 0.320 e. The zero-order chi connectivity index (χ0) is 12.4. The summed E-state index contributed by atoms with van der Waals surface area (Å²) in [6.45, 7) is 3.60. The fourth-order valence-electron chi connectivity index (χ4n) is 2.76. The quantitative estimate of drug-likeness (QED) is 0.751. The molecule has 2 aliphatic heterocycles. The molecule has 0 spiro atoms. The van der Waals surface area contributed by atoms with Crippen LogP contribution < -0.4 is 5.32 Å². The molecule has 1 amide bonds. The Bertz CT molecular complexity index is 319. The molecular weight excluding hydrogens is 220 g/mol. The summed E-state index contributed by atoms with van der Waals surface area (Å²) in [5.41, 5.74) is 0. The predicted molar refractivity (Wildman–Crippen MR) is 62.6 cm³/mol. The van der Waals surface area contributed by atoms with E-state index in [1.807, 2.05) is 4.90 Å². The van der Waals surface area contributed by atoms with Crippen molar-refractivity contribution < 1.29 is 14.7 Å². The van der Waals surface area contributed by atoms with Crippen LogP contribution in [-0.4, -0.2) is 47.1 Å². The molecule has 0 saturated carbocycles. The summed E-state index contributed by atoms with van der Waals surface area (Å²) < 4.78 is 0. The molecule has 3 unspecified atom stereocenters. The fourth-order valence-corrected chi connectivity index (χ4v) is 2.76. The van der Waals surface area contributed by atoms with E-state index >= 15 is 0 Å². The monoisotopic (exact) mass is 240 g/mol. The lowest BCUT2D eigenvalue weighted by atomic mass is 9.92. The summed E-state index contributed by atoms with van der Waals surface area (Å²) in [6.07, 6.45) is 3.17. The highest BCUT2D eigenvalue weighted by molar-refractivity contribution is 5.78. The Hall–Kier alpha value is -1.10. The fraction of sp³-hybridized carbons (Fsp3) is 0.833. The molecule has 0 bridgehead atoms. The number of nitrogens with one attached hydrogen (secondary N) is 1. The third-order valence-corrected chi connectivity index (χ3v) is 3.80. The van der Waals surface area contributed by atoms with Crippen molar-refractivity contribution in [1.29, 1.82) is 0 Å². The standard InChI is InChI=1S/C12H20N2O3/c1-8-4-5-14(10(6-8)12(16)17)7-9-2-3-11(15)13-9/h8-10H,2-7H2,1H3,(H,13,15)(H,16,17). The molecular formula is C12H20N2O3. The molecule has 0 radical (unpaired) electrons. The van der Waals surface area contributed by atoms with Gasteiger partial charge in [-0.15, -0.1) is 0 Å². The average Bonchev–Trinajstić information content (AvgIpc) is 2.66. The number of nitrogens with zero attached hydrogens (tertiary/aromatic N) is 1. The van der Waals surface area contributed by atoms with Gasteiger partial charge in [-0.1, -0.05) is 6.92 Å². The number of hydrogen-bond donors (Lipinski definition) is 2. The minimum atomic E-state index is -0.735. The van der Waals surface area contributed by atoms with Crippen LogP contribution in [0.15, 0.2) is 0 Å². The molecule has 3 atom stereocenters. The zero-order valence-electron chi connectivity index (χ0n) is 10.2. The lowest BCUT2D eigenvalue weighted by molar-refractivity contribution is -0.145. The number of carbonyl (C=O) groups is 2. The molecule has 0 aromatic heterocycles. The van der Waals surface area contributed by atoms with Gasteiger partial charge in [0.15, 0.2) is 0 Å². The summed E-state index contributed by atoms with van der Waals surface area (Å²) in [7, 11) is 0. The lowest BCUT2D eigenvalue weighted by Crippen LogP contribution is -2.51. The summed E-state index contributed by atoms with van der Waals surface area (Å²) in [5, 5.41) is 12.1. The first-order valence-electron chi connectivity index (χ1n) is 6.32. The molecule has 2 N–H and O–H groups in total. The van der Waals surface area contributed by atoms with E-state index in [9.17, 15) is 14.7 Å². The number of likely N-dealkylation sites (tertiary alicyclic amines) is 1. The molecule has 2 aliphatic rings. The number of amides is 1. The third kappa shape index (κ3) is 2.97.